The second kappa shape index (κ2) is 11.9. The third kappa shape index (κ3) is 6.80. The van der Waals surface area contributed by atoms with Gasteiger partial charge in [-0.25, -0.2) is 5.43 Å². The van der Waals surface area contributed by atoms with E-state index in [1.807, 2.05) is 43.3 Å². The number of hydrogen-bond acceptors (Lipinski definition) is 4. The van der Waals surface area contributed by atoms with E-state index in [2.05, 4.69) is 10.7 Å². The summed E-state index contributed by atoms with van der Waals surface area (Å²) < 4.78 is 0. The Morgan fingerprint density at radius 1 is 1.13 bits per heavy atom. The van der Waals surface area contributed by atoms with E-state index in [4.69, 9.17) is 17.3 Å². The molecule has 1 heterocycles. The molecule has 0 atom stereocenters. The molecular weight excluding hydrogens is 435 g/mol. The van der Waals surface area contributed by atoms with Crippen LogP contribution in [0.15, 0.2) is 59.7 Å². The Kier molecular flexibility index (Phi) is 9.52. The summed E-state index contributed by atoms with van der Waals surface area (Å²) in [7, 11) is 0. The second-order valence-electron chi connectivity index (χ2n) is 7.36. The number of carbonyl (C=O) groups excluding carboxylic acids is 2. The molecule has 166 valence electrons. The summed E-state index contributed by atoms with van der Waals surface area (Å²) in [5.41, 5.74) is 13.3. The summed E-state index contributed by atoms with van der Waals surface area (Å²) in [5, 5.41) is 5.08. The van der Waals surface area contributed by atoms with Crippen molar-refractivity contribution >= 4 is 35.8 Å². The highest BCUT2D eigenvalue weighted by Crippen LogP contribution is 2.21. The third-order valence-electron chi connectivity index (χ3n) is 5.25. The van der Waals surface area contributed by atoms with Crippen molar-refractivity contribution in [1.82, 2.24) is 15.8 Å². The largest absolute Gasteiger partial charge is 0.352 e. The van der Waals surface area contributed by atoms with Crippen molar-refractivity contribution in [2.75, 3.05) is 6.54 Å². The smallest absolute Gasteiger partial charge is 0.264 e. The first kappa shape index (κ1) is 24.9. The molecule has 0 spiro atoms. The molecule has 2 aromatic rings. The van der Waals surface area contributed by atoms with Crippen molar-refractivity contribution in [2.24, 2.45) is 5.73 Å². The Balaban J connectivity index is 0.00000341. The van der Waals surface area contributed by atoms with Crippen LogP contribution in [0.1, 0.15) is 36.5 Å². The number of benzene rings is 2. The molecule has 1 aliphatic rings. The molecular formula is C23H28Cl2N4O2. The van der Waals surface area contributed by atoms with E-state index in [0.717, 1.165) is 28.7 Å². The number of nitrogens with two attached hydrogens (primary N) is 1. The van der Waals surface area contributed by atoms with Crippen LogP contribution >= 0.6 is 24.0 Å². The number of hydrogen-bond donors (Lipinski definition) is 3. The van der Waals surface area contributed by atoms with Crippen molar-refractivity contribution < 1.29 is 9.59 Å². The molecule has 4 N–H and O–H groups in total. The van der Waals surface area contributed by atoms with E-state index >= 15 is 0 Å². The minimum absolute atomic E-state index is 0. The van der Waals surface area contributed by atoms with Crippen molar-refractivity contribution in [2.45, 2.75) is 39.4 Å². The maximum atomic E-state index is 12.9. The van der Waals surface area contributed by atoms with Gasteiger partial charge in [-0.1, -0.05) is 53.6 Å². The van der Waals surface area contributed by atoms with E-state index in [0.29, 0.717) is 36.8 Å². The number of carbonyl (C=O) groups is 2. The summed E-state index contributed by atoms with van der Waals surface area (Å²) in [4.78, 5) is 25.4. The van der Waals surface area contributed by atoms with Gasteiger partial charge in [-0.05, 0) is 42.2 Å². The van der Waals surface area contributed by atoms with Crippen molar-refractivity contribution in [1.29, 1.82) is 0 Å². The van der Waals surface area contributed by atoms with E-state index in [1.54, 1.807) is 17.1 Å². The van der Waals surface area contributed by atoms with Crippen LogP contribution in [0.2, 0.25) is 5.02 Å². The molecule has 0 aromatic heterocycles. The fraction of sp³-hybridized carbons (Fsp3) is 0.304. The number of amides is 2. The molecule has 0 saturated carbocycles. The number of nitrogens with zero attached hydrogens (tertiary/aromatic N) is 1. The zero-order valence-corrected chi connectivity index (χ0v) is 19.1. The molecule has 2 amide bonds. The molecule has 0 unspecified atom stereocenters. The third-order valence-corrected chi connectivity index (χ3v) is 5.48. The van der Waals surface area contributed by atoms with Crippen molar-refractivity contribution in [3.63, 3.8) is 0 Å². The van der Waals surface area contributed by atoms with Gasteiger partial charge in [-0.15, -0.1) is 12.4 Å². The molecule has 0 aliphatic carbocycles. The highest BCUT2D eigenvalue weighted by Gasteiger charge is 2.26. The van der Waals surface area contributed by atoms with Crippen LogP contribution in [0.25, 0.3) is 0 Å². The molecule has 0 saturated heterocycles. The molecule has 0 radical (unpaired) electrons. The van der Waals surface area contributed by atoms with Gasteiger partial charge < -0.3 is 11.1 Å². The maximum absolute atomic E-state index is 12.9. The SMILES string of the molecule is CC1=C(CC(=O)NCc2cc(Cl)ccc2CN)C(=O)N(NCc2ccccc2)CC1.Cl. The van der Waals surface area contributed by atoms with Crippen LogP contribution in [0, 0.1) is 0 Å². The number of halogens is 2. The van der Waals surface area contributed by atoms with Gasteiger partial charge >= 0.3 is 0 Å². The van der Waals surface area contributed by atoms with Gasteiger partial charge in [0.05, 0.1) is 6.42 Å². The highest BCUT2D eigenvalue weighted by atomic mass is 35.5. The first-order valence-electron chi connectivity index (χ1n) is 10.00. The lowest BCUT2D eigenvalue weighted by Crippen LogP contribution is -2.46. The first-order chi connectivity index (χ1) is 14.5. The van der Waals surface area contributed by atoms with E-state index < -0.39 is 0 Å². The number of hydrazine groups is 1. The Morgan fingerprint density at radius 3 is 2.58 bits per heavy atom. The van der Waals surface area contributed by atoms with Crippen molar-refractivity contribution in [3.8, 4) is 0 Å². The number of rotatable bonds is 8. The molecule has 2 aromatic carbocycles. The predicted octanol–water partition coefficient (Wildman–Crippen LogP) is 3.48. The fourth-order valence-electron chi connectivity index (χ4n) is 3.41. The number of nitrogens with one attached hydrogen (secondary N) is 2. The lowest BCUT2D eigenvalue weighted by atomic mass is 9.98. The summed E-state index contributed by atoms with van der Waals surface area (Å²) in [6.07, 6.45) is 0.786. The lowest BCUT2D eigenvalue weighted by molar-refractivity contribution is -0.132. The van der Waals surface area contributed by atoms with Crippen LogP contribution in [-0.2, 0) is 29.2 Å². The molecule has 1 aliphatic heterocycles. The van der Waals surface area contributed by atoms with Crippen LogP contribution < -0.4 is 16.5 Å². The van der Waals surface area contributed by atoms with E-state index in [-0.39, 0.29) is 30.6 Å². The minimum Gasteiger partial charge on any atom is -0.352 e. The Hall–Kier alpha value is -2.38. The molecule has 3 rings (SSSR count). The van der Waals surface area contributed by atoms with Crippen molar-refractivity contribution in [3.05, 3.63) is 81.4 Å². The summed E-state index contributed by atoms with van der Waals surface area (Å²) >= 11 is 6.05. The molecule has 0 bridgehead atoms. The summed E-state index contributed by atoms with van der Waals surface area (Å²) in [5.74, 6) is -0.346. The Bertz CT molecular complexity index is 948. The van der Waals surface area contributed by atoms with Gasteiger partial charge in [-0.2, -0.15) is 0 Å². The standard InChI is InChI=1S/C23H27ClN4O2.ClH/c1-16-9-10-28(27-14-17-5-3-2-4-6-17)23(30)21(16)12-22(29)26-15-19-11-20(24)8-7-18(19)13-25;/h2-8,11,27H,9-10,12-15,25H2,1H3,(H,26,29);1H. The zero-order valence-electron chi connectivity index (χ0n) is 17.5. The Labute approximate surface area is 194 Å². The molecule has 31 heavy (non-hydrogen) atoms. The normalized spacial score (nSPS) is 13.8. The minimum atomic E-state index is -0.203. The van der Waals surface area contributed by atoms with Gasteiger partial charge in [0.1, 0.15) is 0 Å². The fourth-order valence-corrected chi connectivity index (χ4v) is 3.61. The highest BCUT2D eigenvalue weighted by molar-refractivity contribution is 6.30. The monoisotopic (exact) mass is 462 g/mol. The topological polar surface area (TPSA) is 87.5 Å². The zero-order chi connectivity index (χ0) is 21.5. The summed E-state index contributed by atoms with van der Waals surface area (Å²) in [6.45, 7) is 3.75. The van der Waals surface area contributed by atoms with E-state index in [9.17, 15) is 9.59 Å². The van der Waals surface area contributed by atoms with E-state index in [1.165, 1.54) is 0 Å². The lowest BCUT2D eigenvalue weighted by Gasteiger charge is -2.30. The quantitative estimate of drug-likeness (QED) is 0.560. The molecule has 6 nitrogen and oxygen atoms in total. The summed E-state index contributed by atoms with van der Waals surface area (Å²) in [6, 6.07) is 15.3. The maximum Gasteiger partial charge on any atom is 0.264 e. The van der Waals surface area contributed by atoms with Crippen LogP contribution in [0.4, 0.5) is 0 Å². The van der Waals surface area contributed by atoms with Gasteiger partial charge in [0.2, 0.25) is 5.91 Å². The average Bonchev–Trinajstić information content (AvgIpc) is 2.75. The van der Waals surface area contributed by atoms with Gasteiger partial charge in [0.15, 0.2) is 0 Å². The average molecular weight is 463 g/mol. The first-order valence-corrected chi connectivity index (χ1v) is 10.4. The van der Waals surface area contributed by atoms with Gasteiger partial charge in [0, 0.05) is 36.8 Å². The van der Waals surface area contributed by atoms with Gasteiger partial charge in [0.25, 0.3) is 5.91 Å². The Morgan fingerprint density at radius 2 is 1.87 bits per heavy atom. The van der Waals surface area contributed by atoms with Gasteiger partial charge in [-0.3, -0.25) is 14.6 Å². The predicted molar refractivity (Wildman–Crippen MR) is 125 cm³/mol. The van der Waals surface area contributed by atoms with Crippen LogP contribution in [0.3, 0.4) is 0 Å². The van der Waals surface area contributed by atoms with Crippen LogP contribution in [-0.4, -0.2) is 23.4 Å². The molecule has 8 heteroatoms. The van der Waals surface area contributed by atoms with Crippen LogP contribution in [0.5, 0.6) is 0 Å². The second-order valence-corrected chi connectivity index (χ2v) is 7.79. The molecule has 0 fully saturated rings.